The van der Waals surface area contributed by atoms with E-state index < -0.39 is 0 Å². The lowest BCUT2D eigenvalue weighted by atomic mass is 9.97. The van der Waals surface area contributed by atoms with E-state index in [1.807, 2.05) is 182 Å². The Hall–Kier alpha value is -19.2. The second-order valence-corrected chi connectivity index (χ2v) is 35.0. The van der Waals surface area contributed by atoms with Crippen LogP contribution < -0.4 is 0 Å². The normalized spacial score (nSPS) is 11.4. The van der Waals surface area contributed by atoms with Gasteiger partial charge in [-0.25, -0.2) is 44.9 Å². The summed E-state index contributed by atoms with van der Waals surface area (Å²) >= 11 is 0. The van der Waals surface area contributed by atoms with Gasteiger partial charge in [0.25, 0.3) is 0 Å². The van der Waals surface area contributed by atoms with E-state index in [1.165, 1.54) is 131 Å². The van der Waals surface area contributed by atoms with Gasteiger partial charge in [-0.15, -0.1) is 0 Å². The monoisotopic (exact) mass is 1800 g/mol. The lowest BCUT2D eigenvalue weighted by Crippen LogP contribution is -2.00. The minimum atomic E-state index is 0.642. The third-order valence-corrected chi connectivity index (χ3v) is 26.5. The van der Waals surface area contributed by atoms with Crippen LogP contribution in [-0.4, -0.2) is 58.6 Å². The minimum absolute atomic E-state index is 0.642. The first kappa shape index (κ1) is 83.6. The van der Waals surface area contributed by atoms with Gasteiger partial charge in [-0.05, 0) is 170 Å². The van der Waals surface area contributed by atoms with E-state index in [1.54, 1.807) is 0 Å². The maximum atomic E-state index is 4.95. The van der Waals surface area contributed by atoms with Crippen LogP contribution in [0.4, 0.5) is 0 Å². The molecule has 0 aliphatic heterocycles. The number of hydrogen-bond donors (Lipinski definition) is 0. The molecule has 660 valence electrons. The molecule has 12 heteroatoms. The number of hydrogen-bond acceptors (Lipinski definition) is 9. The van der Waals surface area contributed by atoms with Crippen molar-refractivity contribution < 1.29 is 0 Å². The first-order valence-electron chi connectivity index (χ1n) is 47.4. The van der Waals surface area contributed by atoms with Crippen LogP contribution in [0.3, 0.4) is 0 Å². The van der Waals surface area contributed by atoms with Gasteiger partial charge in [0, 0.05) is 105 Å². The number of rotatable bonds is 15. The van der Waals surface area contributed by atoms with Crippen LogP contribution >= 0.6 is 0 Å². The minimum Gasteiger partial charge on any atom is -0.309 e. The molecule has 27 aromatic rings. The van der Waals surface area contributed by atoms with Crippen LogP contribution in [0, 0.1) is 0 Å². The third kappa shape index (κ3) is 15.9. The summed E-state index contributed by atoms with van der Waals surface area (Å²) in [6.07, 6.45) is 0. The zero-order valence-corrected chi connectivity index (χ0v) is 76.4. The van der Waals surface area contributed by atoms with Crippen LogP contribution in [0.1, 0.15) is 0 Å². The van der Waals surface area contributed by atoms with Crippen molar-refractivity contribution in [3.8, 4) is 153 Å². The average Bonchev–Trinajstić information content (AvgIpc) is 1.57. The zero-order valence-electron chi connectivity index (χ0n) is 76.4. The van der Waals surface area contributed by atoms with Gasteiger partial charge < -0.3 is 13.7 Å². The molecule has 0 aliphatic carbocycles. The molecule has 0 saturated carbocycles. The van der Waals surface area contributed by atoms with Gasteiger partial charge >= 0.3 is 0 Å². The summed E-state index contributed by atoms with van der Waals surface area (Å²) < 4.78 is 7.17. The highest BCUT2D eigenvalue weighted by molar-refractivity contribution is 6.26. The van der Waals surface area contributed by atoms with E-state index in [9.17, 15) is 0 Å². The summed E-state index contributed by atoms with van der Waals surface area (Å²) in [5.74, 6) is 5.85. The molecule has 0 fully saturated rings. The molecule has 6 aromatic heterocycles. The van der Waals surface area contributed by atoms with E-state index >= 15 is 0 Å². The maximum Gasteiger partial charge on any atom is 0.164 e. The standard InChI is InChI=1S/3C43H28N4/c1-4-13-29(14-5-1)35-21-12-22-38-39(35)37-28-25-30-15-10-11-20-36(30)40(37)47(38)34-26-23-33(24-27-34)43-45-41(31-16-6-2-7-17-31)44-42(46-43)32-18-8-3-9-19-32;1-4-13-29(14-5-1)36-21-12-22-37-39(36)40-35-20-11-10-15-30(35)25-28-38(40)47(37)34-26-23-33(24-27-34)43-45-41(31-16-6-2-7-17-31)44-42(46-43)32-18-8-3-9-19-32;1-4-13-29(14-5-1)36-21-12-22-38-40(36)37-27-33-19-10-11-20-34(33)28-39(37)47(38)35-25-23-32(24-26-35)43-45-41(30-15-6-2-7-16-30)44-42(46-43)31-17-8-3-9-18-31/h3*1-28H. The van der Waals surface area contributed by atoms with Gasteiger partial charge in [0.15, 0.2) is 52.4 Å². The Morgan fingerprint density at radius 3 is 0.738 bits per heavy atom. The molecule has 0 N–H and O–H groups in total. The van der Waals surface area contributed by atoms with Crippen LogP contribution in [0.2, 0.25) is 0 Å². The molecule has 0 spiro atoms. The Morgan fingerprint density at radius 2 is 0.376 bits per heavy atom. The molecule has 0 bridgehead atoms. The second kappa shape index (κ2) is 36.6. The lowest BCUT2D eigenvalue weighted by Gasteiger charge is -2.12. The Morgan fingerprint density at radius 1 is 0.128 bits per heavy atom. The molecule has 0 saturated heterocycles. The topological polar surface area (TPSA) is 131 Å². The van der Waals surface area contributed by atoms with Crippen molar-refractivity contribution in [1.82, 2.24) is 58.6 Å². The van der Waals surface area contributed by atoms with Crippen molar-refractivity contribution in [2.75, 3.05) is 0 Å². The molecule has 21 aromatic carbocycles. The molecule has 0 amide bonds. The zero-order chi connectivity index (χ0) is 93.5. The Labute approximate surface area is 813 Å². The number of nitrogens with zero attached hydrogens (tertiary/aromatic N) is 12. The third-order valence-electron chi connectivity index (χ3n) is 26.5. The van der Waals surface area contributed by atoms with Crippen molar-refractivity contribution in [1.29, 1.82) is 0 Å². The van der Waals surface area contributed by atoms with Gasteiger partial charge in [-0.1, -0.05) is 400 Å². The summed E-state index contributed by atoms with van der Waals surface area (Å²) in [4.78, 5) is 44.2. The fraction of sp³-hybridized carbons (Fsp3) is 0. The van der Waals surface area contributed by atoms with E-state index in [0.29, 0.717) is 52.4 Å². The van der Waals surface area contributed by atoms with Crippen molar-refractivity contribution in [2.45, 2.75) is 0 Å². The number of fused-ring (bicyclic) bond motifs is 14. The summed E-state index contributed by atoms with van der Waals surface area (Å²) in [5.41, 5.74) is 26.1. The van der Waals surface area contributed by atoms with Gasteiger partial charge in [-0.2, -0.15) is 0 Å². The van der Waals surface area contributed by atoms with Gasteiger partial charge in [0.2, 0.25) is 0 Å². The molecule has 0 unspecified atom stereocenters. The fourth-order valence-electron chi connectivity index (χ4n) is 19.9. The van der Waals surface area contributed by atoms with Gasteiger partial charge in [-0.3, -0.25) is 0 Å². The quantitative estimate of drug-likeness (QED) is 0.0984. The maximum absolute atomic E-state index is 4.95. The fourth-order valence-corrected chi connectivity index (χ4v) is 19.9. The van der Waals surface area contributed by atoms with E-state index in [4.69, 9.17) is 44.9 Å². The summed E-state index contributed by atoms with van der Waals surface area (Å²) in [6.45, 7) is 0. The highest BCUT2D eigenvalue weighted by Gasteiger charge is 2.25. The van der Waals surface area contributed by atoms with Gasteiger partial charge in [0.1, 0.15) is 0 Å². The van der Waals surface area contributed by atoms with Crippen LogP contribution in [0.15, 0.2) is 510 Å². The van der Waals surface area contributed by atoms with Crippen molar-refractivity contribution in [3.63, 3.8) is 0 Å². The van der Waals surface area contributed by atoms with E-state index in [2.05, 4.69) is 341 Å². The summed E-state index contributed by atoms with van der Waals surface area (Å²) in [5, 5.41) is 14.9. The molecular weight excluding hydrogens is 1720 g/mol. The molecule has 27 rings (SSSR count). The number of aromatic nitrogens is 12. The first-order valence-corrected chi connectivity index (χ1v) is 47.4. The largest absolute Gasteiger partial charge is 0.309 e. The first-order chi connectivity index (χ1) is 69.9. The van der Waals surface area contributed by atoms with E-state index in [0.717, 1.165) is 67.1 Å². The van der Waals surface area contributed by atoms with Crippen LogP contribution in [0.25, 0.3) is 251 Å². The van der Waals surface area contributed by atoms with Crippen molar-refractivity contribution in [3.05, 3.63) is 510 Å². The van der Waals surface area contributed by atoms with E-state index in [-0.39, 0.29) is 0 Å². The molecule has 141 heavy (non-hydrogen) atoms. The predicted octanol–water partition coefficient (Wildman–Crippen LogP) is 32.4. The lowest BCUT2D eigenvalue weighted by molar-refractivity contribution is 1.07. The molecular formula is C129H84N12. The Bertz CT molecular complexity index is 8920. The van der Waals surface area contributed by atoms with Crippen molar-refractivity contribution >= 4 is 97.7 Å². The smallest absolute Gasteiger partial charge is 0.164 e. The second-order valence-electron chi connectivity index (χ2n) is 35.0. The molecule has 0 radical (unpaired) electrons. The molecule has 12 nitrogen and oxygen atoms in total. The SMILES string of the molecule is c1ccc(-c2nc(-c3ccccc3)nc(-c3ccc(-n4c5cc6ccccc6cc5c5c(-c6ccccc6)cccc54)cc3)n2)cc1.c1ccc(-c2nc(-c3ccccc3)nc(-c3ccc(-n4c5cccc(-c6ccccc6)c5c5c6ccccc6ccc54)cc3)n2)cc1.c1ccc(-c2nc(-c3ccccc3)nc(-c3ccc(-n4c5cccc(-c6ccccc6)c5c5ccc6ccccc6c54)cc3)n2)cc1. The molecule has 6 heterocycles. The van der Waals surface area contributed by atoms with Crippen LogP contribution in [-0.2, 0) is 0 Å². The average molecular weight is 1800 g/mol. The van der Waals surface area contributed by atoms with Gasteiger partial charge in [0.05, 0.1) is 33.1 Å². The Kier molecular flexibility index (Phi) is 21.7. The summed E-state index contributed by atoms with van der Waals surface area (Å²) in [7, 11) is 0. The highest BCUT2D eigenvalue weighted by Crippen LogP contribution is 2.47. The summed E-state index contributed by atoms with van der Waals surface area (Å²) in [6, 6.07) is 178. The Balaban J connectivity index is 0.000000111. The molecule has 0 aliphatic rings. The van der Waals surface area contributed by atoms with Crippen molar-refractivity contribution in [2.24, 2.45) is 0 Å². The molecule has 0 atom stereocenters. The van der Waals surface area contributed by atoms with Crippen LogP contribution in [0.5, 0.6) is 0 Å². The predicted molar refractivity (Wildman–Crippen MR) is 580 cm³/mol. The highest BCUT2D eigenvalue weighted by atomic mass is 15.1. The number of benzene rings is 21.